The first-order chi connectivity index (χ1) is 13.2. The van der Waals surface area contributed by atoms with Crippen LogP contribution >= 0.6 is 0 Å². The van der Waals surface area contributed by atoms with Gasteiger partial charge >= 0.3 is 0 Å². The van der Waals surface area contributed by atoms with Gasteiger partial charge in [0.15, 0.2) is 0 Å². The molecule has 1 aliphatic heterocycles. The highest BCUT2D eigenvalue weighted by molar-refractivity contribution is 5.51. The molecule has 2 heterocycles. The fourth-order valence-electron chi connectivity index (χ4n) is 4.09. The van der Waals surface area contributed by atoms with E-state index in [-0.39, 0.29) is 5.82 Å². The molecule has 144 valence electrons. The van der Waals surface area contributed by atoms with Gasteiger partial charge in [-0.05, 0) is 31.9 Å². The van der Waals surface area contributed by atoms with Crippen LogP contribution in [0.1, 0.15) is 37.8 Å². The molecule has 1 N–H and O–H groups in total. The molecule has 1 aromatic carbocycles. The third-order valence-corrected chi connectivity index (χ3v) is 5.58. The van der Waals surface area contributed by atoms with Gasteiger partial charge < -0.3 is 15.1 Å². The van der Waals surface area contributed by atoms with Crippen molar-refractivity contribution in [3.05, 3.63) is 41.8 Å². The molecule has 2 aromatic rings. The van der Waals surface area contributed by atoms with E-state index in [4.69, 9.17) is 4.98 Å². The molecule has 0 bridgehead atoms. The van der Waals surface area contributed by atoms with Crippen LogP contribution in [-0.2, 0) is 0 Å². The predicted octanol–water partition coefficient (Wildman–Crippen LogP) is 4.00. The van der Waals surface area contributed by atoms with Crippen LogP contribution in [0.2, 0.25) is 0 Å². The second-order valence-electron chi connectivity index (χ2n) is 7.60. The third-order valence-electron chi connectivity index (χ3n) is 5.58. The van der Waals surface area contributed by atoms with E-state index < -0.39 is 0 Å². The van der Waals surface area contributed by atoms with Crippen molar-refractivity contribution < 1.29 is 4.39 Å². The topological polar surface area (TPSA) is 44.3 Å². The van der Waals surface area contributed by atoms with Crippen LogP contribution in [0.25, 0.3) is 0 Å². The summed E-state index contributed by atoms with van der Waals surface area (Å²) >= 11 is 0. The molecule has 1 saturated carbocycles. The average molecular weight is 369 g/mol. The van der Waals surface area contributed by atoms with Gasteiger partial charge in [-0.2, -0.15) is 4.98 Å². The van der Waals surface area contributed by atoms with Gasteiger partial charge in [0.25, 0.3) is 0 Å². The van der Waals surface area contributed by atoms with E-state index in [0.717, 1.165) is 43.6 Å². The van der Waals surface area contributed by atoms with Crippen molar-refractivity contribution >= 4 is 17.5 Å². The normalized spacial score (nSPS) is 18.6. The number of piperazine rings is 1. The zero-order chi connectivity index (χ0) is 18.6. The van der Waals surface area contributed by atoms with Crippen molar-refractivity contribution in [3.8, 4) is 0 Å². The number of para-hydroxylation sites is 1. The molecule has 0 spiro atoms. The molecule has 4 rings (SSSR count). The second kappa shape index (κ2) is 8.11. The molecule has 2 aliphatic rings. The van der Waals surface area contributed by atoms with Crippen LogP contribution in [0.4, 0.5) is 21.8 Å². The Labute approximate surface area is 160 Å². The summed E-state index contributed by atoms with van der Waals surface area (Å²) in [4.78, 5) is 13.8. The molecule has 0 atom stereocenters. The van der Waals surface area contributed by atoms with E-state index in [9.17, 15) is 4.39 Å². The Morgan fingerprint density at radius 3 is 2.41 bits per heavy atom. The first kappa shape index (κ1) is 18.0. The van der Waals surface area contributed by atoms with Crippen LogP contribution in [0.3, 0.4) is 0 Å². The number of hydrogen-bond acceptors (Lipinski definition) is 5. The van der Waals surface area contributed by atoms with Crippen LogP contribution in [0, 0.1) is 12.7 Å². The van der Waals surface area contributed by atoms with Crippen LogP contribution < -0.4 is 15.1 Å². The minimum Gasteiger partial charge on any atom is -0.366 e. The van der Waals surface area contributed by atoms with Gasteiger partial charge in [-0.25, -0.2) is 9.37 Å². The van der Waals surface area contributed by atoms with Gasteiger partial charge in [-0.15, -0.1) is 0 Å². The lowest BCUT2D eigenvalue weighted by Gasteiger charge is -2.37. The Kier molecular flexibility index (Phi) is 5.41. The van der Waals surface area contributed by atoms with Gasteiger partial charge in [0.05, 0.1) is 5.69 Å². The molecule has 0 radical (unpaired) electrons. The highest BCUT2D eigenvalue weighted by Gasteiger charge is 2.21. The van der Waals surface area contributed by atoms with E-state index >= 15 is 0 Å². The molecule has 1 saturated heterocycles. The number of aromatic nitrogens is 2. The third kappa shape index (κ3) is 4.31. The Morgan fingerprint density at radius 2 is 1.67 bits per heavy atom. The van der Waals surface area contributed by atoms with Crippen molar-refractivity contribution in [2.24, 2.45) is 0 Å². The smallest absolute Gasteiger partial charge is 0.225 e. The highest BCUT2D eigenvalue weighted by Crippen LogP contribution is 2.24. The fraction of sp³-hybridized carbons (Fsp3) is 0.524. The number of nitrogens with one attached hydrogen (secondary N) is 1. The molecular formula is C21H28FN5. The first-order valence-corrected chi connectivity index (χ1v) is 10.1. The maximum Gasteiger partial charge on any atom is 0.225 e. The quantitative estimate of drug-likeness (QED) is 0.883. The molecule has 1 aliphatic carbocycles. The number of nitrogens with zero attached hydrogens (tertiary/aromatic N) is 4. The number of aryl methyl sites for hydroxylation is 1. The van der Waals surface area contributed by atoms with Gasteiger partial charge in [-0.1, -0.05) is 31.4 Å². The molecule has 0 amide bonds. The van der Waals surface area contributed by atoms with Crippen molar-refractivity contribution in [3.63, 3.8) is 0 Å². The molecular weight excluding hydrogens is 341 g/mol. The monoisotopic (exact) mass is 369 g/mol. The summed E-state index contributed by atoms with van der Waals surface area (Å²) in [5.41, 5.74) is 1.67. The van der Waals surface area contributed by atoms with Crippen LogP contribution in [0.15, 0.2) is 30.3 Å². The number of benzene rings is 1. The fourth-order valence-corrected chi connectivity index (χ4v) is 4.09. The number of anilines is 3. The van der Waals surface area contributed by atoms with Crippen molar-refractivity contribution in [1.29, 1.82) is 0 Å². The van der Waals surface area contributed by atoms with Crippen molar-refractivity contribution in [2.75, 3.05) is 41.3 Å². The Bertz CT molecular complexity index is 767. The summed E-state index contributed by atoms with van der Waals surface area (Å²) in [6.07, 6.45) is 6.31. The number of hydrogen-bond donors (Lipinski definition) is 1. The minimum atomic E-state index is -0.150. The zero-order valence-electron chi connectivity index (χ0n) is 16.0. The van der Waals surface area contributed by atoms with E-state index in [1.54, 1.807) is 6.07 Å². The average Bonchev–Trinajstić information content (AvgIpc) is 2.69. The van der Waals surface area contributed by atoms with E-state index in [1.807, 2.05) is 25.1 Å². The summed E-state index contributed by atoms with van der Waals surface area (Å²) in [6, 6.07) is 9.54. The van der Waals surface area contributed by atoms with Gasteiger partial charge in [0.1, 0.15) is 11.6 Å². The van der Waals surface area contributed by atoms with Gasteiger partial charge in [0, 0.05) is 44.0 Å². The lowest BCUT2D eigenvalue weighted by Crippen LogP contribution is -2.47. The number of halogens is 1. The van der Waals surface area contributed by atoms with E-state index in [0.29, 0.717) is 11.7 Å². The lowest BCUT2D eigenvalue weighted by atomic mass is 9.96. The summed E-state index contributed by atoms with van der Waals surface area (Å²) in [5, 5.41) is 3.53. The molecule has 0 unspecified atom stereocenters. The van der Waals surface area contributed by atoms with Crippen molar-refractivity contribution in [1.82, 2.24) is 9.97 Å². The molecule has 6 heteroatoms. The van der Waals surface area contributed by atoms with Gasteiger partial charge in [-0.3, -0.25) is 0 Å². The largest absolute Gasteiger partial charge is 0.366 e. The van der Waals surface area contributed by atoms with Gasteiger partial charge in [0.2, 0.25) is 5.95 Å². The Morgan fingerprint density at radius 1 is 0.963 bits per heavy atom. The summed E-state index contributed by atoms with van der Waals surface area (Å²) < 4.78 is 14.0. The molecule has 1 aromatic heterocycles. The molecule has 2 fully saturated rings. The summed E-state index contributed by atoms with van der Waals surface area (Å²) in [5.74, 6) is 1.56. The SMILES string of the molecule is Cc1cc(N2CCN(c3ccccc3F)CC2)nc(NC2CCCCC2)n1. The van der Waals surface area contributed by atoms with E-state index in [2.05, 4.69) is 20.1 Å². The van der Waals surface area contributed by atoms with E-state index in [1.165, 1.54) is 38.2 Å². The first-order valence-electron chi connectivity index (χ1n) is 10.1. The van der Waals surface area contributed by atoms with Crippen LogP contribution in [0.5, 0.6) is 0 Å². The molecule has 5 nitrogen and oxygen atoms in total. The lowest BCUT2D eigenvalue weighted by molar-refractivity contribution is 0.460. The Balaban J connectivity index is 1.42. The maximum atomic E-state index is 14.0. The summed E-state index contributed by atoms with van der Waals surface area (Å²) in [7, 11) is 0. The van der Waals surface area contributed by atoms with Crippen molar-refractivity contribution in [2.45, 2.75) is 45.1 Å². The Hall–Kier alpha value is -2.37. The standard InChI is InChI=1S/C21H28FN5/c1-16-15-20(25-21(23-16)24-17-7-3-2-4-8-17)27-13-11-26(12-14-27)19-10-6-5-9-18(19)22/h5-6,9-10,15,17H,2-4,7-8,11-14H2,1H3,(H,23,24,25). The minimum absolute atomic E-state index is 0.150. The predicted molar refractivity (Wildman–Crippen MR) is 108 cm³/mol. The second-order valence-corrected chi connectivity index (χ2v) is 7.60. The highest BCUT2D eigenvalue weighted by atomic mass is 19.1. The molecule has 27 heavy (non-hydrogen) atoms. The number of rotatable bonds is 4. The zero-order valence-corrected chi connectivity index (χ0v) is 16.0. The summed E-state index contributed by atoms with van der Waals surface area (Å²) in [6.45, 7) is 5.25. The maximum absolute atomic E-state index is 14.0. The van der Waals surface area contributed by atoms with Crippen LogP contribution in [-0.4, -0.2) is 42.2 Å².